The molecule has 0 aliphatic heterocycles. The van der Waals surface area contributed by atoms with Crippen LogP contribution in [0, 0.1) is 6.92 Å². The molecular formula is C19H15BrN4O3S. The molecule has 0 spiro atoms. The molecule has 0 unspecified atom stereocenters. The molecule has 0 aliphatic carbocycles. The van der Waals surface area contributed by atoms with Crippen molar-refractivity contribution < 1.29 is 13.9 Å². The molecule has 0 saturated heterocycles. The van der Waals surface area contributed by atoms with E-state index in [2.05, 4.69) is 31.1 Å². The van der Waals surface area contributed by atoms with Gasteiger partial charge in [0.1, 0.15) is 11.3 Å². The highest BCUT2D eigenvalue weighted by Crippen LogP contribution is 2.29. The van der Waals surface area contributed by atoms with Gasteiger partial charge >= 0.3 is 5.97 Å². The van der Waals surface area contributed by atoms with E-state index in [1.165, 1.54) is 18.9 Å². The maximum Gasteiger partial charge on any atom is 0.337 e. The topological polar surface area (TPSA) is 82.5 Å². The molecule has 0 aliphatic rings. The maximum atomic E-state index is 11.5. The van der Waals surface area contributed by atoms with Gasteiger partial charge in [-0.1, -0.05) is 23.9 Å². The second kappa shape index (κ2) is 7.76. The number of thioether (sulfide) groups is 1. The molecule has 7 nitrogen and oxygen atoms in total. The molecule has 9 heteroatoms. The summed E-state index contributed by atoms with van der Waals surface area (Å²) in [5.41, 5.74) is 3.96. The number of benzene rings is 1. The first-order chi connectivity index (χ1) is 13.5. The van der Waals surface area contributed by atoms with Crippen LogP contribution in [0.2, 0.25) is 0 Å². The highest BCUT2D eigenvalue weighted by Gasteiger charge is 2.18. The Balaban J connectivity index is 1.52. The van der Waals surface area contributed by atoms with Gasteiger partial charge in [0.25, 0.3) is 11.1 Å². The molecule has 0 N–H and O–H groups in total. The van der Waals surface area contributed by atoms with Crippen molar-refractivity contribution in [2.75, 3.05) is 7.11 Å². The van der Waals surface area contributed by atoms with E-state index in [-0.39, 0.29) is 5.97 Å². The minimum Gasteiger partial charge on any atom is -0.465 e. The summed E-state index contributed by atoms with van der Waals surface area (Å²) in [7, 11) is 1.36. The lowest BCUT2D eigenvalue weighted by Gasteiger charge is -2.01. The minimum absolute atomic E-state index is 0.351. The average molecular weight is 459 g/mol. The van der Waals surface area contributed by atoms with Crippen molar-refractivity contribution in [1.29, 1.82) is 0 Å². The number of carbonyl (C=O) groups excluding carboxylic acids is 1. The smallest absolute Gasteiger partial charge is 0.337 e. The van der Waals surface area contributed by atoms with Crippen molar-refractivity contribution in [3.63, 3.8) is 0 Å². The number of imidazole rings is 1. The lowest BCUT2D eigenvalue weighted by molar-refractivity contribution is 0.0600. The number of pyridine rings is 1. The highest BCUT2D eigenvalue weighted by molar-refractivity contribution is 9.10. The first kappa shape index (κ1) is 18.7. The zero-order chi connectivity index (χ0) is 19.7. The van der Waals surface area contributed by atoms with Gasteiger partial charge < -0.3 is 9.15 Å². The Morgan fingerprint density at radius 2 is 2.00 bits per heavy atom. The van der Waals surface area contributed by atoms with Crippen molar-refractivity contribution >= 4 is 39.3 Å². The number of halogens is 1. The number of ether oxygens (including phenoxy) is 1. The Labute approximate surface area is 173 Å². The van der Waals surface area contributed by atoms with E-state index in [4.69, 9.17) is 9.15 Å². The van der Waals surface area contributed by atoms with E-state index in [1.807, 2.05) is 41.8 Å². The number of methoxy groups -OCH3 is 1. The van der Waals surface area contributed by atoms with Crippen molar-refractivity contribution in [1.82, 2.24) is 19.6 Å². The summed E-state index contributed by atoms with van der Waals surface area (Å²) < 4.78 is 13.4. The summed E-state index contributed by atoms with van der Waals surface area (Å²) in [6, 6.07) is 11.1. The second-order valence-corrected chi connectivity index (χ2v) is 7.81. The van der Waals surface area contributed by atoms with Gasteiger partial charge in [-0.2, -0.15) is 0 Å². The van der Waals surface area contributed by atoms with Crippen LogP contribution in [-0.2, 0) is 10.5 Å². The summed E-state index contributed by atoms with van der Waals surface area (Å²) in [6.07, 6.45) is 1.92. The van der Waals surface area contributed by atoms with Crippen molar-refractivity contribution in [2.24, 2.45) is 0 Å². The van der Waals surface area contributed by atoms with E-state index in [0.717, 1.165) is 27.1 Å². The molecule has 0 atom stereocenters. The summed E-state index contributed by atoms with van der Waals surface area (Å²) in [4.78, 5) is 16.0. The molecule has 0 radical (unpaired) electrons. The molecule has 0 amide bonds. The lowest BCUT2D eigenvalue weighted by atomic mass is 10.1. The summed E-state index contributed by atoms with van der Waals surface area (Å²) in [5, 5.41) is 8.79. The van der Waals surface area contributed by atoms with Crippen LogP contribution in [0.3, 0.4) is 0 Å². The zero-order valence-corrected chi connectivity index (χ0v) is 17.5. The van der Waals surface area contributed by atoms with E-state index in [1.54, 1.807) is 12.1 Å². The summed E-state index contributed by atoms with van der Waals surface area (Å²) in [5.74, 6) is 0.711. The SMILES string of the molecule is COC(=O)c1ccc(CSc2nnc(-c3c(C)nc4ccc(Br)cn34)o2)cc1. The van der Waals surface area contributed by atoms with Crippen LogP contribution >= 0.6 is 27.7 Å². The first-order valence-electron chi connectivity index (χ1n) is 8.33. The quantitative estimate of drug-likeness (QED) is 0.320. The van der Waals surface area contributed by atoms with Gasteiger partial charge in [0.05, 0.1) is 18.4 Å². The number of aromatic nitrogens is 4. The monoisotopic (exact) mass is 458 g/mol. The van der Waals surface area contributed by atoms with Crippen LogP contribution in [0.4, 0.5) is 0 Å². The molecule has 3 aromatic heterocycles. The first-order valence-corrected chi connectivity index (χ1v) is 10.1. The van der Waals surface area contributed by atoms with E-state index in [0.29, 0.717) is 22.4 Å². The number of hydrogen-bond donors (Lipinski definition) is 0. The molecular weight excluding hydrogens is 444 g/mol. The van der Waals surface area contributed by atoms with Gasteiger partial charge in [0.15, 0.2) is 0 Å². The Morgan fingerprint density at radius 1 is 1.21 bits per heavy atom. The molecule has 3 heterocycles. The predicted octanol–water partition coefficient (Wildman–Crippen LogP) is 4.53. The van der Waals surface area contributed by atoms with Crippen molar-refractivity contribution in [3.8, 4) is 11.6 Å². The molecule has 1 aromatic carbocycles. The van der Waals surface area contributed by atoms with Gasteiger partial charge in [0.2, 0.25) is 0 Å². The average Bonchev–Trinajstić information content (AvgIpc) is 3.29. The minimum atomic E-state index is -0.351. The normalized spacial score (nSPS) is 11.1. The maximum absolute atomic E-state index is 11.5. The lowest BCUT2D eigenvalue weighted by Crippen LogP contribution is -2.00. The fourth-order valence-electron chi connectivity index (χ4n) is 2.76. The Hall–Kier alpha value is -2.65. The van der Waals surface area contributed by atoms with Gasteiger partial charge in [-0.15, -0.1) is 10.2 Å². The van der Waals surface area contributed by atoms with Gasteiger partial charge in [0, 0.05) is 16.4 Å². The Morgan fingerprint density at radius 3 is 2.75 bits per heavy atom. The number of hydrogen-bond acceptors (Lipinski definition) is 7. The third-order valence-electron chi connectivity index (χ3n) is 4.10. The number of aryl methyl sites for hydroxylation is 1. The molecule has 28 heavy (non-hydrogen) atoms. The van der Waals surface area contributed by atoms with Crippen molar-refractivity contribution in [2.45, 2.75) is 17.9 Å². The van der Waals surface area contributed by atoms with Crippen LogP contribution in [0.1, 0.15) is 21.6 Å². The highest BCUT2D eigenvalue weighted by atomic mass is 79.9. The third kappa shape index (κ3) is 3.67. The Bertz CT molecular complexity index is 1150. The van der Waals surface area contributed by atoms with E-state index >= 15 is 0 Å². The predicted molar refractivity (Wildman–Crippen MR) is 108 cm³/mol. The summed E-state index contributed by atoms with van der Waals surface area (Å²) >= 11 is 4.91. The largest absolute Gasteiger partial charge is 0.465 e. The molecule has 0 bridgehead atoms. The second-order valence-electron chi connectivity index (χ2n) is 5.97. The molecule has 0 saturated carbocycles. The van der Waals surface area contributed by atoms with Crippen LogP contribution in [0.15, 0.2) is 56.7 Å². The molecule has 4 rings (SSSR count). The van der Waals surface area contributed by atoms with Crippen LogP contribution in [0.25, 0.3) is 17.2 Å². The van der Waals surface area contributed by atoms with Crippen LogP contribution in [-0.4, -0.2) is 32.7 Å². The number of nitrogens with zero attached hydrogens (tertiary/aromatic N) is 4. The van der Waals surface area contributed by atoms with E-state index < -0.39 is 0 Å². The standard InChI is InChI=1S/C19H15BrN4O3S/c1-11-16(24-9-14(20)7-8-15(24)21-11)17-22-23-19(27-17)28-10-12-3-5-13(6-4-12)18(25)26-2/h3-9H,10H2,1-2H3. The van der Waals surface area contributed by atoms with Crippen LogP contribution in [0.5, 0.6) is 0 Å². The third-order valence-corrected chi connectivity index (χ3v) is 5.46. The number of rotatable bonds is 5. The van der Waals surface area contributed by atoms with Crippen LogP contribution < -0.4 is 0 Å². The fraction of sp³-hybridized carbons (Fsp3) is 0.158. The van der Waals surface area contributed by atoms with E-state index in [9.17, 15) is 4.79 Å². The van der Waals surface area contributed by atoms with Crippen molar-refractivity contribution in [3.05, 3.63) is 63.9 Å². The van der Waals surface area contributed by atoms with Gasteiger partial charge in [-0.25, -0.2) is 9.78 Å². The molecule has 0 fully saturated rings. The van der Waals surface area contributed by atoms with Gasteiger partial charge in [-0.3, -0.25) is 4.40 Å². The Kier molecular flexibility index (Phi) is 5.19. The number of carbonyl (C=O) groups is 1. The summed E-state index contributed by atoms with van der Waals surface area (Å²) in [6.45, 7) is 1.91. The fourth-order valence-corrected chi connectivity index (χ4v) is 3.81. The number of fused-ring (bicyclic) bond motifs is 1. The zero-order valence-electron chi connectivity index (χ0n) is 15.0. The molecule has 142 valence electrons. The molecule has 4 aromatic rings. The number of esters is 1. The van der Waals surface area contributed by atoms with Gasteiger partial charge in [-0.05, 0) is 52.7 Å².